The second-order valence-corrected chi connectivity index (χ2v) is 4.78. The van der Waals surface area contributed by atoms with Crippen LogP contribution in [0.25, 0.3) is 0 Å². The fourth-order valence-corrected chi connectivity index (χ4v) is 2.41. The third-order valence-corrected chi connectivity index (χ3v) is 3.44. The zero-order valence-corrected chi connectivity index (χ0v) is 11.2. The lowest BCUT2D eigenvalue weighted by Gasteiger charge is -2.15. The molecule has 0 saturated carbocycles. The van der Waals surface area contributed by atoms with Gasteiger partial charge in [0.05, 0.1) is 0 Å². The molecule has 0 saturated heterocycles. The fourth-order valence-electron chi connectivity index (χ4n) is 1.71. The van der Waals surface area contributed by atoms with Crippen LogP contribution in [0, 0.1) is 5.82 Å². The summed E-state index contributed by atoms with van der Waals surface area (Å²) in [4.78, 5) is 11.9. The number of halogens is 1. The van der Waals surface area contributed by atoms with Crippen molar-refractivity contribution in [2.45, 2.75) is 6.10 Å². The molecule has 1 atom stereocenters. The van der Waals surface area contributed by atoms with E-state index in [1.807, 2.05) is 16.8 Å². The van der Waals surface area contributed by atoms with Crippen molar-refractivity contribution in [3.8, 4) is 0 Å². The minimum absolute atomic E-state index is 0.191. The lowest BCUT2D eigenvalue weighted by Crippen LogP contribution is -2.29. The fraction of sp³-hybridized carbons (Fsp3) is 0.214. The van der Waals surface area contributed by atoms with Gasteiger partial charge in [0.25, 0.3) is 5.91 Å². The van der Waals surface area contributed by atoms with Crippen LogP contribution < -0.4 is 5.32 Å². The number of amides is 1. The van der Waals surface area contributed by atoms with E-state index < -0.39 is 5.82 Å². The third-order valence-electron chi connectivity index (χ3n) is 2.73. The number of hydrogen-bond donors (Lipinski definition) is 1. The molecule has 2 aromatic rings. The van der Waals surface area contributed by atoms with Crippen molar-refractivity contribution in [2.24, 2.45) is 0 Å². The predicted octanol–water partition coefficient (Wildman–Crippen LogP) is 3.00. The number of methoxy groups -OCH3 is 1. The number of carbonyl (C=O) groups is 1. The quantitative estimate of drug-likeness (QED) is 0.913. The molecule has 1 unspecified atom stereocenters. The molecule has 1 aromatic heterocycles. The number of ether oxygens (including phenoxy) is 1. The Morgan fingerprint density at radius 1 is 1.47 bits per heavy atom. The second-order valence-electron chi connectivity index (χ2n) is 4.00. The van der Waals surface area contributed by atoms with Crippen molar-refractivity contribution in [3.63, 3.8) is 0 Å². The smallest absolute Gasteiger partial charge is 0.251 e. The second kappa shape index (κ2) is 6.45. The Morgan fingerprint density at radius 2 is 2.32 bits per heavy atom. The minimum atomic E-state index is -0.422. The first-order valence-electron chi connectivity index (χ1n) is 5.79. The maximum Gasteiger partial charge on any atom is 0.251 e. The summed E-state index contributed by atoms with van der Waals surface area (Å²) in [6.07, 6.45) is -0.191. The van der Waals surface area contributed by atoms with Gasteiger partial charge >= 0.3 is 0 Å². The highest BCUT2D eigenvalue weighted by Crippen LogP contribution is 2.18. The normalized spacial score (nSPS) is 12.1. The molecule has 0 radical (unpaired) electrons. The summed E-state index contributed by atoms with van der Waals surface area (Å²) in [7, 11) is 1.59. The molecule has 5 heteroatoms. The summed E-state index contributed by atoms with van der Waals surface area (Å²) in [6, 6.07) is 7.55. The van der Waals surface area contributed by atoms with E-state index in [0.29, 0.717) is 12.1 Å². The number of rotatable bonds is 5. The van der Waals surface area contributed by atoms with Gasteiger partial charge < -0.3 is 10.1 Å². The Kier molecular flexibility index (Phi) is 4.65. The van der Waals surface area contributed by atoms with E-state index in [4.69, 9.17) is 4.74 Å². The van der Waals surface area contributed by atoms with E-state index in [2.05, 4.69) is 5.32 Å². The Labute approximate surface area is 115 Å². The molecule has 1 aromatic carbocycles. The van der Waals surface area contributed by atoms with E-state index in [1.165, 1.54) is 18.2 Å². The van der Waals surface area contributed by atoms with Gasteiger partial charge in [0, 0.05) is 19.2 Å². The zero-order chi connectivity index (χ0) is 13.7. The Morgan fingerprint density at radius 3 is 2.95 bits per heavy atom. The van der Waals surface area contributed by atoms with Gasteiger partial charge in [-0.2, -0.15) is 11.3 Å². The topological polar surface area (TPSA) is 38.3 Å². The zero-order valence-electron chi connectivity index (χ0n) is 10.4. The Hall–Kier alpha value is -1.72. The van der Waals surface area contributed by atoms with E-state index in [1.54, 1.807) is 24.5 Å². The lowest BCUT2D eigenvalue weighted by molar-refractivity contribution is 0.0829. The van der Waals surface area contributed by atoms with Crippen LogP contribution in [0.3, 0.4) is 0 Å². The number of carbonyl (C=O) groups excluding carboxylic acids is 1. The van der Waals surface area contributed by atoms with E-state index in [0.717, 1.165) is 5.56 Å². The molecule has 3 nitrogen and oxygen atoms in total. The standard InChI is InChI=1S/C14H14FNO2S/c1-18-13(11-5-6-19-9-11)8-16-14(17)10-3-2-4-12(15)7-10/h2-7,9,13H,8H2,1H3,(H,16,17). The first-order valence-corrected chi connectivity index (χ1v) is 6.73. The highest BCUT2D eigenvalue weighted by molar-refractivity contribution is 7.07. The van der Waals surface area contributed by atoms with Crippen molar-refractivity contribution in [1.29, 1.82) is 0 Å². The summed E-state index contributed by atoms with van der Waals surface area (Å²) in [5.41, 5.74) is 1.33. The third kappa shape index (κ3) is 3.62. The molecule has 1 heterocycles. The molecule has 0 bridgehead atoms. The van der Waals surface area contributed by atoms with Gasteiger partial charge in [0.2, 0.25) is 0 Å². The van der Waals surface area contributed by atoms with Crippen LogP contribution in [0.5, 0.6) is 0 Å². The molecule has 0 fully saturated rings. The average molecular weight is 279 g/mol. The maximum atomic E-state index is 13.0. The number of nitrogens with one attached hydrogen (secondary N) is 1. The predicted molar refractivity (Wildman–Crippen MR) is 72.8 cm³/mol. The SMILES string of the molecule is COC(CNC(=O)c1cccc(F)c1)c1ccsc1. The Bertz CT molecular complexity index is 542. The molecule has 2 rings (SSSR count). The van der Waals surface area contributed by atoms with Gasteiger partial charge in [0.1, 0.15) is 11.9 Å². The van der Waals surface area contributed by atoms with Gasteiger partial charge in [-0.15, -0.1) is 0 Å². The molecule has 19 heavy (non-hydrogen) atoms. The summed E-state index contributed by atoms with van der Waals surface area (Å²) in [6.45, 7) is 0.350. The summed E-state index contributed by atoms with van der Waals surface area (Å²) in [5.74, 6) is -0.731. The molecular weight excluding hydrogens is 265 g/mol. The van der Waals surface area contributed by atoms with Crippen LogP contribution in [0.4, 0.5) is 4.39 Å². The first-order chi connectivity index (χ1) is 9.20. The molecule has 0 aliphatic heterocycles. The molecule has 0 aliphatic rings. The largest absolute Gasteiger partial charge is 0.375 e. The van der Waals surface area contributed by atoms with Crippen molar-refractivity contribution in [3.05, 3.63) is 58.0 Å². The molecular formula is C14H14FNO2S. The van der Waals surface area contributed by atoms with Gasteiger partial charge in [-0.25, -0.2) is 4.39 Å². The maximum absolute atomic E-state index is 13.0. The summed E-state index contributed by atoms with van der Waals surface area (Å²) >= 11 is 1.57. The van der Waals surface area contributed by atoms with Crippen LogP contribution in [0.2, 0.25) is 0 Å². The monoisotopic (exact) mass is 279 g/mol. The van der Waals surface area contributed by atoms with Gasteiger partial charge in [-0.3, -0.25) is 4.79 Å². The summed E-state index contributed by atoms with van der Waals surface area (Å²) in [5, 5.41) is 6.67. The van der Waals surface area contributed by atoms with Crippen LogP contribution in [-0.2, 0) is 4.74 Å². The molecule has 0 spiro atoms. The molecule has 0 aliphatic carbocycles. The van der Waals surface area contributed by atoms with E-state index in [9.17, 15) is 9.18 Å². The number of hydrogen-bond acceptors (Lipinski definition) is 3. The number of benzene rings is 1. The van der Waals surface area contributed by atoms with Crippen LogP contribution in [0.1, 0.15) is 22.0 Å². The van der Waals surface area contributed by atoms with Gasteiger partial charge in [0.15, 0.2) is 0 Å². The first kappa shape index (κ1) is 13.7. The van der Waals surface area contributed by atoms with Crippen molar-refractivity contribution in [1.82, 2.24) is 5.32 Å². The highest BCUT2D eigenvalue weighted by atomic mass is 32.1. The summed E-state index contributed by atoms with van der Waals surface area (Å²) < 4.78 is 18.3. The van der Waals surface area contributed by atoms with E-state index >= 15 is 0 Å². The van der Waals surface area contributed by atoms with Crippen molar-refractivity contribution < 1.29 is 13.9 Å². The van der Waals surface area contributed by atoms with Crippen molar-refractivity contribution >= 4 is 17.2 Å². The van der Waals surface area contributed by atoms with Crippen LogP contribution in [-0.4, -0.2) is 19.6 Å². The average Bonchev–Trinajstić information content (AvgIpc) is 2.93. The molecule has 1 N–H and O–H groups in total. The highest BCUT2D eigenvalue weighted by Gasteiger charge is 2.13. The molecule has 100 valence electrons. The van der Waals surface area contributed by atoms with E-state index in [-0.39, 0.29) is 12.0 Å². The lowest BCUT2D eigenvalue weighted by atomic mass is 10.1. The minimum Gasteiger partial charge on any atom is -0.375 e. The van der Waals surface area contributed by atoms with Crippen LogP contribution in [0.15, 0.2) is 41.1 Å². The van der Waals surface area contributed by atoms with Crippen LogP contribution >= 0.6 is 11.3 Å². The Balaban J connectivity index is 1.96. The van der Waals surface area contributed by atoms with Gasteiger partial charge in [-0.05, 0) is 40.6 Å². The number of thiophene rings is 1. The van der Waals surface area contributed by atoms with Gasteiger partial charge in [-0.1, -0.05) is 6.07 Å². The molecule has 1 amide bonds. The van der Waals surface area contributed by atoms with Crippen molar-refractivity contribution in [2.75, 3.05) is 13.7 Å².